The Kier molecular flexibility index (Phi) is 15.1. The molecular formula is C31H46. The Morgan fingerprint density at radius 3 is 1.19 bits per heavy atom. The first-order chi connectivity index (χ1) is 14.7. The van der Waals surface area contributed by atoms with Crippen molar-refractivity contribution in [3.63, 3.8) is 0 Å². The van der Waals surface area contributed by atoms with Crippen molar-refractivity contribution < 1.29 is 0 Å². The molecule has 0 nitrogen and oxygen atoms in total. The van der Waals surface area contributed by atoms with Gasteiger partial charge in [-0.3, -0.25) is 0 Å². The van der Waals surface area contributed by atoms with Crippen LogP contribution in [0, 0.1) is 13.8 Å². The van der Waals surface area contributed by atoms with Gasteiger partial charge in [-0.1, -0.05) is 145 Å². The lowest BCUT2D eigenvalue weighted by molar-refractivity contribution is 0.865. The number of rotatable bonds is 3. The summed E-state index contributed by atoms with van der Waals surface area (Å²) in [7, 11) is 0. The molecule has 0 bridgehead atoms. The molecule has 0 atom stereocenters. The van der Waals surface area contributed by atoms with Crippen LogP contribution in [-0.4, -0.2) is 0 Å². The van der Waals surface area contributed by atoms with E-state index in [0.717, 1.165) is 0 Å². The minimum atomic E-state index is 0.653. The largest absolute Gasteiger partial charge is 0.0683 e. The van der Waals surface area contributed by atoms with Crippen LogP contribution < -0.4 is 0 Å². The number of hydrogen-bond donors (Lipinski definition) is 0. The Bertz CT molecular complexity index is 793. The molecule has 31 heavy (non-hydrogen) atoms. The molecule has 0 saturated carbocycles. The third kappa shape index (κ3) is 12.8. The van der Waals surface area contributed by atoms with E-state index in [0.29, 0.717) is 17.8 Å². The molecule has 0 aromatic heterocycles. The summed E-state index contributed by atoms with van der Waals surface area (Å²) in [4.78, 5) is 0. The van der Waals surface area contributed by atoms with Crippen LogP contribution in [-0.2, 0) is 0 Å². The number of benzene rings is 3. The van der Waals surface area contributed by atoms with E-state index in [1.807, 2.05) is 19.9 Å². The van der Waals surface area contributed by atoms with E-state index < -0.39 is 0 Å². The minimum Gasteiger partial charge on any atom is -0.0683 e. The summed E-state index contributed by atoms with van der Waals surface area (Å²) < 4.78 is 0. The summed E-state index contributed by atoms with van der Waals surface area (Å²) in [5.74, 6) is 1.96. The topological polar surface area (TPSA) is 0 Å². The van der Waals surface area contributed by atoms with Gasteiger partial charge in [0.25, 0.3) is 0 Å². The van der Waals surface area contributed by atoms with Crippen LogP contribution in [0.2, 0.25) is 0 Å². The van der Waals surface area contributed by atoms with Gasteiger partial charge in [0.1, 0.15) is 0 Å². The lowest BCUT2D eigenvalue weighted by Gasteiger charge is -2.04. The summed E-state index contributed by atoms with van der Waals surface area (Å²) in [6, 6.07) is 27.9. The van der Waals surface area contributed by atoms with Crippen molar-refractivity contribution in [2.24, 2.45) is 0 Å². The zero-order valence-corrected chi connectivity index (χ0v) is 21.7. The van der Waals surface area contributed by atoms with E-state index in [1.54, 1.807) is 0 Å². The van der Waals surface area contributed by atoms with Gasteiger partial charge in [0.15, 0.2) is 0 Å². The van der Waals surface area contributed by atoms with Gasteiger partial charge in [-0.25, -0.2) is 0 Å². The maximum Gasteiger partial charge on any atom is -0.0219 e. The first-order valence-electron chi connectivity index (χ1n) is 11.9. The van der Waals surface area contributed by atoms with Gasteiger partial charge in [0.05, 0.1) is 0 Å². The molecule has 0 radical (unpaired) electrons. The van der Waals surface area contributed by atoms with Crippen LogP contribution in [0.5, 0.6) is 0 Å². The van der Waals surface area contributed by atoms with Crippen LogP contribution in [0.25, 0.3) is 0 Å². The summed E-state index contributed by atoms with van der Waals surface area (Å²) in [5, 5.41) is 0. The maximum atomic E-state index is 2.24. The second-order valence-corrected chi connectivity index (χ2v) is 8.70. The highest BCUT2D eigenvalue weighted by Crippen LogP contribution is 2.15. The van der Waals surface area contributed by atoms with Crippen molar-refractivity contribution >= 4 is 0 Å². The average Bonchev–Trinajstić information content (AvgIpc) is 2.77. The second kappa shape index (κ2) is 16.4. The maximum absolute atomic E-state index is 2.24. The molecule has 0 heterocycles. The molecule has 0 fully saturated rings. The summed E-state index contributed by atoms with van der Waals surface area (Å²) in [6.45, 7) is 21.5. The molecule has 0 spiro atoms. The van der Waals surface area contributed by atoms with E-state index in [4.69, 9.17) is 0 Å². The monoisotopic (exact) mass is 418 g/mol. The first-order valence-corrected chi connectivity index (χ1v) is 11.9. The van der Waals surface area contributed by atoms with Crippen molar-refractivity contribution in [1.82, 2.24) is 0 Å². The molecule has 0 heteroatoms. The lowest BCUT2D eigenvalue weighted by Crippen LogP contribution is -1.86. The highest BCUT2D eigenvalue weighted by molar-refractivity contribution is 5.24. The smallest absolute Gasteiger partial charge is 0.0219 e. The minimum absolute atomic E-state index is 0.653. The highest BCUT2D eigenvalue weighted by Gasteiger charge is 1.97. The van der Waals surface area contributed by atoms with Crippen LogP contribution in [0.1, 0.15) is 101 Å². The Hall–Kier alpha value is -2.34. The molecule has 170 valence electrons. The zero-order chi connectivity index (χ0) is 23.8. The van der Waals surface area contributed by atoms with Crippen LogP contribution in [0.3, 0.4) is 0 Å². The van der Waals surface area contributed by atoms with Gasteiger partial charge >= 0.3 is 0 Å². The molecule has 0 unspecified atom stereocenters. The standard InChI is InChI=1S/2C10H14.C9H12.C2H6/c1-8(2)10-6-4-9(3)5-7-10;1-8(2)10-6-4-5-9(3)7-10;1-8(2)9-6-4-3-5-7-9;1-2/h2*4-8H,1-3H3;3-8H,1-2H3;1-2H3. The number of aryl methyl sites for hydroxylation is 2. The Labute approximate surface area is 193 Å². The fourth-order valence-electron chi connectivity index (χ4n) is 2.82. The SMILES string of the molecule is CC.CC(C)c1ccccc1.Cc1ccc(C(C)C)cc1.Cc1cccc(C(C)C)c1. The van der Waals surface area contributed by atoms with Gasteiger partial charge in [-0.15, -0.1) is 0 Å². The zero-order valence-electron chi connectivity index (χ0n) is 21.7. The number of hydrogen-bond acceptors (Lipinski definition) is 0. The van der Waals surface area contributed by atoms with Crippen LogP contribution in [0.4, 0.5) is 0 Å². The van der Waals surface area contributed by atoms with E-state index >= 15 is 0 Å². The van der Waals surface area contributed by atoms with Gasteiger partial charge in [0, 0.05) is 0 Å². The van der Waals surface area contributed by atoms with E-state index in [9.17, 15) is 0 Å². The molecule has 0 aliphatic heterocycles. The van der Waals surface area contributed by atoms with E-state index in [1.165, 1.54) is 27.8 Å². The van der Waals surface area contributed by atoms with Crippen LogP contribution in [0.15, 0.2) is 78.9 Å². The fraction of sp³-hybridized carbons (Fsp3) is 0.419. The third-order valence-electron chi connectivity index (χ3n) is 4.92. The molecule has 0 saturated heterocycles. The fourth-order valence-corrected chi connectivity index (χ4v) is 2.82. The van der Waals surface area contributed by atoms with Crippen LogP contribution >= 0.6 is 0 Å². The van der Waals surface area contributed by atoms with E-state index in [-0.39, 0.29) is 0 Å². The second-order valence-electron chi connectivity index (χ2n) is 8.70. The average molecular weight is 419 g/mol. The quantitative estimate of drug-likeness (QED) is 0.397. The van der Waals surface area contributed by atoms with Crippen molar-refractivity contribution in [3.05, 3.63) is 107 Å². The van der Waals surface area contributed by atoms with Crippen molar-refractivity contribution in [2.75, 3.05) is 0 Å². The molecule has 0 N–H and O–H groups in total. The predicted molar refractivity (Wildman–Crippen MR) is 142 cm³/mol. The Morgan fingerprint density at radius 2 is 0.839 bits per heavy atom. The van der Waals surface area contributed by atoms with Gasteiger partial charge in [0.2, 0.25) is 0 Å². The van der Waals surface area contributed by atoms with Gasteiger partial charge in [-0.05, 0) is 48.3 Å². The summed E-state index contributed by atoms with van der Waals surface area (Å²) >= 11 is 0. The summed E-state index contributed by atoms with van der Waals surface area (Å²) in [6.07, 6.45) is 0. The molecule has 3 rings (SSSR count). The third-order valence-corrected chi connectivity index (χ3v) is 4.92. The molecule has 3 aromatic rings. The van der Waals surface area contributed by atoms with Crippen molar-refractivity contribution in [3.8, 4) is 0 Å². The van der Waals surface area contributed by atoms with E-state index in [2.05, 4.69) is 128 Å². The normalized spacial score (nSPS) is 9.84. The van der Waals surface area contributed by atoms with Crippen molar-refractivity contribution in [1.29, 1.82) is 0 Å². The first kappa shape index (κ1) is 28.7. The molecule has 0 amide bonds. The Balaban J connectivity index is 0.000000419. The molecule has 0 aliphatic carbocycles. The van der Waals surface area contributed by atoms with Gasteiger partial charge in [-0.2, -0.15) is 0 Å². The summed E-state index contributed by atoms with van der Waals surface area (Å²) in [5.41, 5.74) is 6.96. The Morgan fingerprint density at radius 1 is 0.419 bits per heavy atom. The van der Waals surface area contributed by atoms with Gasteiger partial charge < -0.3 is 0 Å². The predicted octanol–water partition coefficient (Wildman–Crippen LogP) is 10.1. The molecular weight excluding hydrogens is 372 g/mol. The molecule has 0 aliphatic rings. The highest BCUT2D eigenvalue weighted by atomic mass is 14.0. The lowest BCUT2D eigenvalue weighted by atomic mass is 10.0. The van der Waals surface area contributed by atoms with Crippen molar-refractivity contribution in [2.45, 2.75) is 87.0 Å². The molecule has 3 aromatic carbocycles.